The van der Waals surface area contributed by atoms with Gasteiger partial charge < -0.3 is 19.5 Å². The summed E-state index contributed by atoms with van der Waals surface area (Å²) in [7, 11) is 3.19. The maximum Gasteiger partial charge on any atom is 0.220 e. The largest absolute Gasteiger partial charge is 0.493 e. The molecule has 0 aliphatic carbocycles. The number of benzene rings is 2. The summed E-state index contributed by atoms with van der Waals surface area (Å²) >= 11 is 0. The van der Waals surface area contributed by atoms with Gasteiger partial charge in [-0.25, -0.2) is 0 Å². The van der Waals surface area contributed by atoms with E-state index in [0.717, 1.165) is 16.9 Å². The number of amides is 1. The molecule has 1 amide bonds. The van der Waals surface area contributed by atoms with Gasteiger partial charge in [-0.05, 0) is 42.7 Å². The first kappa shape index (κ1) is 18.6. The van der Waals surface area contributed by atoms with Crippen LogP contribution in [0.3, 0.4) is 0 Å². The van der Waals surface area contributed by atoms with Crippen molar-refractivity contribution < 1.29 is 19.0 Å². The van der Waals surface area contributed by atoms with Gasteiger partial charge in [0.1, 0.15) is 5.75 Å². The van der Waals surface area contributed by atoms with Gasteiger partial charge in [-0.1, -0.05) is 24.3 Å². The second-order valence-electron chi connectivity index (χ2n) is 5.68. The van der Waals surface area contributed by atoms with Crippen molar-refractivity contribution in [2.75, 3.05) is 20.8 Å². The van der Waals surface area contributed by atoms with Crippen molar-refractivity contribution in [1.29, 1.82) is 0 Å². The Balaban J connectivity index is 1.71. The zero-order valence-corrected chi connectivity index (χ0v) is 15.0. The van der Waals surface area contributed by atoms with Crippen molar-refractivity contribution in [1.82, 2.24) is 5.32 Å². The molecule has 1 N–H and O–H groups in total. The fraction of sp³-hybridized carbons (Fsp3) is 0.350. The van der Waals surface area contributed by atoms with Crippen molar-refractivity contribution in [2.24, 2.45) is 0 Å². The Morgan fingerprint density at radius 1 is 1.00 bits per heavy atom. The lowest BCUT2D eigenvalue weighted by Gasteiger charge is -2.11. The molecule has 0 saturated carbocycles. The van der Waals surface area contributed by atoms with E-state index in [2.05, 4.69) is 5.32 Å². The van der Waals surface area contributed by atoms with E-state index in [4.69, 9.17) is 14.2 Å². The van der Waals surface area contributed by atoms with Gasteiger partial charge in [0, 0.05) is 13.0 Å². The maximum atomic E-state index is 11.9. The van der Waals surface area contributed by atoms with Gasteiger partial charge >= 0.3 is 0 Å². The highest BCUT2D eigenvalue weighted by atomic mass is 16.5. The lowest BCUT2D eigenvalue weighted by molar-refractivity contribution is -0.121. The molecule has 0 aliphatic heterocycles. The number of rotatable bonds is 9. The molecular weight excluding hydrogens is 318 g/mol. The van der Waals surface area contributed by atoms with E-state index in [1.165, 1.54) is 0 Å². The number of aryl methyl sites for hydroxylation is 1. The monoisotopic (exact) mass is 343 g/mol. The zero-order chi connectivity index (χ0) is 18.1. The number of ether oxygens (including phenoxy) is 3. The number of carbonyl (C=O) groups is 1. The minimum atomic E-state index is 0.00293. The summed E-state index contributed by atoms with van der Waals surface area (Å²) < 4.78 is 16.2. The Bertz CT molecular complexity index is 700. The molecule has 5 heteroatoms. The SMILES string of the molecule is COc1ccc(CNC(=O)CCCOc2ccccc2C)cc1OC. The molecule has 0 bridgehead atoms. The van der Waals surface area contributed by atoms with E-state index in [-0.39, 0.29) is 5.91 Å². The molecule has 0 fully saturated rings. The van der Waals surface area contributed by atoms with Crippen molar-refractivity contribution >= 4 is 5.91 Å². The Labute approximate surface area is 148 Å². The number of hydrogen-bond acceptors (Lipinski definition) is 4. The van der Waals surface area contributed by atoms with Crippen LogP contribution in [0.25, 0.3) is 0 Å². The molecule has 25 heavy (non-hydrogen) atoms. The molecule has 0 unspecified atom stereocenters. The quantitative estimate of drug-likeness (QED) is 0.708. The van der Waals surface area contributed by atoms with Gasteiger partial charge in [0.25, 0.3) is 0 Å². The average molecular weight is 343 g/mol. The smallest absolute Gasteiger partial charge is 0.220 e. The van der Waals surface area contributed by atoms with E-state index in [1.807, 2.05) is 49.4 Å². The Kier molecular flexibility index (Phi) is 7.14. The van der Waals surface area contributed by atoms with Crippen LogP contribution in [0.1, 0.15) is 24.0 Å². The van der Waals surface area contributed by atoms with Crippen LogP contribution in [0.4, 0.5) is 0 Å². The highest BCUT2D eigenvalue weighted by Crippen LogP contribution is 2.27. The van der Waals surface area contributed by atoms with Crippen LogP contribution in [0.15, 0.2) is 42.5 Å². The highest BCUT2D eigenvalue weighted by molar-refractivity contribution is 5.75. The number of para-hydroxylation sites is 1. The fourth-order valence-corrected chi connectivity index (χ4v) is 2.41. The molecule has 2 aromatic carbocycles. The molecule has 2 rings (SSSR count). The van der Waals surface area contributed by atoms with E-state index >= 15 is 0 Å². The van der Waals surface area contributed by atoms with Crippen molar-refractivity contribution in [3.8, 4) is 17.2 Å². The van der Waals surface area contributed by atoms with Crippen molar-refractivity contribution in [3.63, 3.8) is 0 Å². The first-order valence-corrected chi connectivity index (χ1v) is 8.30. The molecule has 5 nitrogen and oxygen atoms in total. The number of nitrogens with one attached hydrogen (secondary N) is 1. The third-order valence-electron chi connectivity index (χ3n) is 3.84. The van der Waals surface area contributed by atoms with E-state index < -0.39 is 0 Å². The molecular formula is C20H25NO4. The van der Waals surface area contributed by atoms with Gasteiger partial charge in [0.2, 0.25) is 5.91 Å². The van der Waals surface area contributed by atoms with E-state index in [0.29, 0.717) is 37.5 Å². The summed E-state index contributed by atoms with van der Waals surface area (Å²) in [4.78, 5) is 11.9. The third kappa shape index (κ3) is 5.71. The molecule has 2 aromatic rings. The molecule has 0 spiro atoms. The Morgan fingerprint density at radius 2 is 1.76 bits per heavy atom. The lowest BCUT2D eigenvalue weighted by atomic mass is 10.2. The number of carbonyl (C=O) groups excluding carboxylic acids is 1. The van der Waals surface area contributed by atoms with Crippen LogP contribution in [0, 0.1) is 6.92 Å². The fourth-order valence-electron chi connectivity index (χ4n) is 2.41. The van der Waals surface area contributed by atoms with Crippen LogP contribution in [-0.4, -0.2) is 26.7 Å². The first-order valence-electron chi connectivity index (χ1n) is 8.30. The molecule has 0 heterocycles. The molecule has 0 radical (unpaired) electrons. The van der Waals surface area contributed by atoms with Crippen molar-refractivity contribution in [3.05, 3.63) is 53.6 Å². The Hall–Kier alpha value is -2.69. The van der Waals surface area contributed by atoms with Gasteiger partial charge in [0.05, 0.1) is 20.8 Å². The molecule has 0 aliphatic rings. The van der Waals surface area contributed by atoms with Crippen LogP contribution in [0.2, 0.25) is 0 Å². The minimum absolute atomic E-state index is 0.00293. The summed E-state index contributed by atoms with van der Waals surface area (Å²) in [5, 5.41) is 2.91. The number of methoxy groups -OCH3 is 2. The zero-order valence-electron chi connectivity index (χ0n) is 15.0. The maximum absolute atomic E-state index is 11.9. The van der Waals surface area contributed by atoms with Gasteiger partial charge in [-0.2, -0.15) is 0 Å². The summed E-state index contributed by atoms with van der Waals surface area (Å²) in [6, 6.07) is 13.5. The van der Waals surface area contributed by atoms with E-state index in [9.17, 15) is 4.79 Å². The normalized spacial score (nSPS) is 10.2. The topological polar surface area (TPSA) is 56.8 Å². The molecule has 0 saturated heterocycles. The third-order valence-corrected chi connectivity index (χ3v) is 3.84. The molecule has 0 atom stereocenters. The molecule has 134 valence electrons. The second-order valence-corrected chi connectivity index (χ2v) is 5.68. The van der Waals surface area contributed by atoms with Gasteiger partial charge in [-0.3, -0.25) is 4.79 Å². The standard InChI is InChI=1S/C20H25NO4/c1-15-7-4-5-8-17(15)25-12-6-9-20(22)21-14-16-10-11-18(23-2)19(13-16)24-3/h4-5,7-8,10-11,13H,6,9,12,14H2,1-3H3,(H,21,22). The van der Waals surface area contributed by atoms with Crippen molar-refractivity contribution in [2.45, 2.75) is 26.3 Å². The van der Waals surface area contributed by atoms with Gasteiger partial charge in [0.15, 0.2) is 11.5 Å². The van der Waals surface area contributed by atoms with Gasteiger partial charge in [-0.15, -0.1) is 0 Å². The lowest BCUT2D eigenvalue weighted by Crippen LogP contribution is -2.23. The van der Waals surface area contributed by atoms with Crippen LogP contribution in [-0.2, 0) is 11.3 Å². The summed E-state index contributed by atoms with van der Waals surface area (Å²) in [5.41, 5.74) is 2.06. The van der Waals surface area contributed by atoms with Crippen LogP contribution >= 0.6 is 0 Å². The minimum Gasteiger partial charge on any atom is -0.493 e. The highest BCUT2D eigenvalue weighted by Gasteiger charge is 2.06. The number of hydrogen-bond donors (Lipinski definition) is 1. The second kappa shape index (κ2) is 9.57. The molecule has 0 aromatic heterocycles. The summed E-state index contributed by atoms with van der Waals surface area (Å²) in [5.74, 6) is 2.20. The predicted octanol–water partition coefficient (Wildman–Crippen LogP) is 3.49. The summed E-state index contributed by atoms with van der Waals surface area (Å²) in [6.45, 7) is 2.98. The van der Waals surface area contributed by atoms with Crippen LogP contribution in [0.5, 0.6) is 17.2 Å². The Morgan fingerprint density at radius 3 is 2.48 bits per heavy atom. The summed E-state index contributed by atoms with van der Waals surface area (Å²) in [6.07, 6.45) is 1.10. The average Bonchev–Trinajstić information content (AvgIpc) is 2.64. The van der Waals surface area contributed by atoms with E-state index in [1.54, 1.807) is 14.2 Å². The first-order chi connectivity index (χ1) is 12.1. The predicted molar refractivity (Wildman–Crippen MR) is 97.3 cm³/mol. The van der Waals surface area contributed by atoms with Crippen LogP contribution < -0.4 is 19.5 Å².